The van der Waals surface area contributed by atoms with E-state index in [0.29, 0.717) is 0 Å². The Bertz CT molecular complexity index is 3090. The van der Waals surface area contributed by atoms with Crippen molar-refractivity contribution in [1.29, 1.82) is 0 Å². The van der Waals surface area contributed by atoms with E-state index < -0.39 is 0 Å². The molecule has 11 rings (SSSR count). The highest BCUT2D eigenvalue weighted by Crippen LogP contribution is 2.50. The first-order valence-electron chi connectivity index (χ1n) is 18.8. The Hall–Kier alpha value is -6.97. The van der Waals surface area contributed by atoms with E-state index >= 15 is 0 Å². The van der Waals surface area contributed by atoms with E-state index in [1.165, 1.54) is 77.1 Å². The lowest BCUT2D eigenvalue weighted by Crippen LogP contribution is -2.23. The summed E-state index contributed by atoms with van der Waals surface area (Å²) in [5.74, 6) is 0.961. The second-order valence-corrected chi connectivity index (χ2v) is 14.2. The number of benzene rings is 9. The van der Waals surface area contributed by atoms with Gasteiger partial charge >= 0.3 is 0 Å². The molecule has 9 aromatic carbocycles. The third-order valence-electron chi connectivity index (χ3n) is 11.3. The van der Waals surface area contributed by atoms with Crippen LogP contribution < -0.4 is 4.90 Å². The molecule has 2 heterocycles. The van der Waals surface area contributed by atoms with E-state index in [9.17, 15) is 0 Å². The molecule has 0 spiro atoms. The van der Waals surface area contributed by atoms with Crippen LogP contribution >= 0.6 is 0 Å². The quantitative estimate of drug-likeness (QED) is 0.168. The van der Waals surface area contributed by atoms with E-state index in [4.69, 9.17) is 4.98 Å². The maximum atomic E-state index is 5.24. The van der Waals surface area contributed by atoms with E-state index in [1.807, 2.05) is 0 Å². The molecule has 0 N–H and O–H groups in total. The molecule has 1 aliphatic heterocycles. The Labute approximate surface area is 314 Å². The second-order valence-electron chi connectivity index (χ2n) is 14.2. The van der Waals surface area contributed by atoms with E-state index in [0.717, 1.165) is 34.7 Å². The SMILES string of the molecule is CCN1c2c(-c3ccc4c(-c5ccccc5)c5ccccc5c(-c5ccc6ccccc6c5)c4c3)cccc2-n2c(-c3ccccc3)nc3cccc1c32. The number of hydrogen-bond donors (Lipinski definition) is 0. The van der Waals surface area contributed by atoms with Crippen LogP contribution in [0.1, 0.15) is 6.92 Å². The van der Waals surface area contributed by atoms with Gasteiger partial charge in [0, 0.05) is 17.7 Å². The highest BCUT2D eigenvalue weighted by Gasteiger charge is 2.30. The number of nitrogens with zero attached hydrogens (tertiary/aromatic N) is 3. The molecule has 3 heteroatoms. The predicted octanol–water partition coefficient (Wildman–Crippen LogP) is 13.6. The van der Waals surface area contributed by atoms with Gasteiger partial charge < -0.3 is 4.90 Å². The average molecular weight is 690 g/mol. The number of para-hydroxylation sites is 2. The van der Waals surface area contributed by atoms with Crippen LogP contribution in [-0.4, -0.2) is 16.1 Å². The molecule has 254 valence electrons. The van der Waals surface area contributed by atoms with Gasteiger partial charge in [-0.05, 0) is 97.4 Å². The van der Waals surface area contributed by atoms with E-state index in [-0.39, 0.29) is 0 Å². The Morgan fingerprint density at radius 1 is 0.444 bits per heavy atom. The molecule has 54 heavy (non-hydrogen) atoms. The zero-order valence-corrected chi connectivity index (χ0v) is 29.9. The Morgan fingerprint density at radius 3 is 1.85 bits per heavy atom. The van der Waals surface area contributed by atoms with Crippen molar-refractivity contribution in [3.63, 3.8) is 0 Å². The van der Waals surface area contributed by atoms with Crippen molar-refractivity contribution in [3.05, 3.63) is 182 Å². The Morgan fingerprint density at radius 2 is 1.07 bits per heavy atom. The summed E-state index contributed by atoms with van der Waals surface area (Å²) in [4.78, 5) is 7.72. The fraction of sp³-hybridized carbons (Fsp3) is 0.0392. The molecule has 0 saturated heterocycles. The molecule has 0 saturated carbocycles. The van der Waals surface area contributed by atoms with Gasteiger partial charge in [0.2, 0.25) is 0 Å². The van der Waals surface area contributed by atoms with Crippen LogP contribution in [0.15, 0.2) is 182 Å². The minimum atomic E-state index is 0.827. The lowest BCUT2D eigenvalue weighted by Gasteiger charge is -2.34. The normalized spacial score (nSPS) is 12.2. The summed E-state index contributed by atoms with van der Waals surface area (Å²) in [7, 11) is 0. The second kappa shape index (κ2) is 12.0. The monoisotopic (exact) mass is 689 g/mol. The third kappa shape index (κ3) is 4.52. The van der Waals surface area contributed by atoms with Crippen LogP contribution in [0.3, 0.4) is 0 Å². The van der Waals surface area contributed by atoms with Gasteiger partial charge in [0.1, 0.15) is 5.82 Å². The van der Waals surface area contributed by atoms with Gasteiger partial charge in [-0.2, -0.15) is 0 Å². The number of aromatic nitrogens is 2. The molecule has 0 amide bonds. The summed E-state index contributed by atoms with van der Waals surface area (Å²) in [5.41, 5.74) is 14.1. The zero-order valence-electron chi connectivity index (χ0n) is 29.9. The number of fused-ring (bicyclic) bond motifs is 5. The fourth-order valence-corrected chi connectivity index (χ4v) is 8.94. The summed E-state index contributed by atoms with van der Waals surface area (Å²) < 4.78 is 2.38. The molecular weight excluding hydrogens is 655 g/mol. The summed E-state index contributed by atoms with van der Waals surface area (Å²) in [6.07, 6.45) is 0. The van der Waals surface area contributed by atoms with Gasteiger partial charge in [-0.1, -0.05) is 152 Å². The number of anilines is 2. The summed E-state index contributed by atoms with van der Waals surface area (Å²) >= 11 is 0. The van der Waals surface area contributed by atoms with Crippen LogP contribution in [0, 0.1) is 0 Å². The number of imidazole rings is 1. The van der Waals surface area contributed by atoms with Crippen LogP contribution in [0.2, 0.25) is 0 Å². The summed E-state index contributed by atoms with van der Waals surface area (Å²) in [5, 5.41) is 7.49. The molecule has 0 bridgehead atoms. The lowest BCUT2D eigenvalue weighted by atomic mass is 9.84. The third-order valence-corrected chi connectivity index (χ3v) is 11.3. The standard InChI is InChI=1S/C51H35N3/c1-2-53-45-25-14-24-44-50(45)54(51(52-44)35-18-7-4-8-19-35)46-26-13-23-39(49(46)53)37-29-30-42-43(32-37)48(38-28-27-33-15-9-10-20-36(33)31-38)41-22-12-11-21-40(41)47(42)34-16-5-3-6-17-34/h3-32H,2H2,1H3. The molecule has 1 aromatic heterocycles. The molecule has 0 aliphatic carbocycles. The van der Waals surface area contributed by atoms with Crippen molar-refractivity contribution >= 4 is 54.7 Å². The van der Waals surface area contributed by atoms with Gasteiger partial charge in [0.25, 0.3) is 0 Å². The highest BCUT2D eigenvalue weighted by molar-refractivity contribution is 6.22. The van der Waals surface area contributed by atoms with Crippen molar-refractivity contribution in [1.82, 2.24) is 9.55 Å². The highest BCUT2D eigenvalue weighted by atomic mass is 15.2. The van der Waals surface area contributed by atoms with Gasteiger partial charge in [0.05, 0.1) is 28.1 Å². The smallest absolute Gasteiger partial charge is 0.145 e. The summed E-state index contributed by atoms with van der Waals surface area (Å²) in [6.45, 7) is 3.08. The molecular formula is C51H35N3. The molecule has 0 fully saturated rings. The largest absolute Gasteiger partial charge is 0.338 e. The van der Waals surface area contributed by atoms with Crippen molar-refractivity contribution in [2.75, 3.05) is 11.4 Å². The average Bonchev–Trinajstić information content (AvgIpc) is 3.64. The maximum absolute atomic E-state index is 5.24. The van der Waals surface area contributed by atoms with Gasteiger partial charge in [-0.3, -0.25) is 4.57 Å². The Kier molecular flexibility index (Phi) is 6.83. The fourth-order valence-electron chi connectivity index (χ4n) is 8.94. The minimum Gasteiger partial charge on any atom is -0.338 e. The van der Waals surface area contributed by atoms with Crippen molar-refractivity contribution < 1.29 is 0 Å². The van der Waals surface area contributed by atoms with Crippen molar-refractivity contribution in [3.8, 4) is 50.5 Å². The minimum absolute atomic E-state index is 0.827. The van der Waals surface area contributed by atoms with Gasteiger partial charge in [-0.25, -0.2) is 4.98 Å². The summed E-state index contributed by atoms with van der Waals surface area (Å²) in [6, 6.07) is 66.4. The first-order valence-corrected chi connectivity index (χ1v) is 18.8. The molecule has 10 aromatic rings. The lowest BCUT2D eigenvalue weighted by molar-refractivity contribution is 0.975. The number of rotatable bonds is 5. The van der Waals surface area contributed by atoms with Crippen LogP contribution in [0.25, 0.3) is 93.8 Å². The zero-order chi connectivity index (χ0) is 35.8. The molecule has 3 nitrogen and oxygen atoms in total. The molecule has 0 unspecified atom stereocenters. The van der Waals surface area contributed by atoms with Crippen molar-refractivity contribution in [2.45, 2.75) is 6.92 Å². The molecule has 0 atom stereocenters. The maximum Gasteiger partial charge on any atom is 0.145 e. The predicted molar refractivity (Wildman–Crippen MR) is 228 cm³/mol. The Balaban J connectivity index is 1.23. The molecule has 1 aliphatic rings. The van der Waals surface area contributed by atoms with Crippen LogP contribution in [0.5, 0.6) is 0 Å². The first-order chi connectivity index (χ1) is 26.8. The van der Waals surface area contributed by atoms with E-state index in [2.05, 4.69) is 198 Å². The number of hydrogen-bond acceptors (Lipinski definition) is 2. The van der Waals surface area contributed by atoms with Gasteiger partial charge in [0.15, 0.2) is 0 Å². The first kappa shape index (κ1) is 30.6. The van der Waals surface area contributed by atoms with Crippen LogP contribution in [0.4, 0.5) is 11.4 Å². The van der Waals surface area contributed by atoms with Crippen molar-refractivity contribution in [2.24, 2.45) is 0 Å². The van der Waals surface area contributed by atoms with Gasteiger partial charge in [-0.15, -0.1) is 0 Å². The topological polar surface area (TPSA) is 21.1 Å². The molecule has 0 radical (unpaired) electrons. The van der Waals surface area contributed by atoms with Crippen LogP contribution in [-0.2, 0) is 0 Å². The van der Waals surface area contributed by atoms with E-state index in [1.54, 1.807) is 0 Å².